The molecule has 0 saturated heterocycles. The lowest BCUT2D eigenvalue weighted by atomic mass is 10.1. The number of hydrogen-bond acceptors (Lipinski definition) is 3. The molecule has 2 heterocycles. The van der Waals surface area contributed by atoms with Gasteiger partial charge in [-0.25, -0.2) is 13.8 Å². The number of nitrogens with zero attached hydrogens (tertiary/aromatic N) is 3. The molecule has 0 radical (unpaired) electrons. The van der Waals surface area contributed by atoms with Crippen LogP contribution in [0.25, 0.3) is 11.0 Å². The number of fused-ring (bicyclic) bond motifs is 1. The van der Waals surface area contributed by atoms with Crippen LogP contribution in [0.5, 0.6) is 0 Å². The third-order valence-corrected chi connectivity index (χ3v) is 4.13. The summed E-state index contributed by atoms with van der Waals surface area (Å²) in [5.74, 6) is -2.17. The summed E-state index contributed by atoms with van der Waals surface area (Å²) >= 11 is 0. The Morgan fingerprint density at radius 3 is 2.60 bits per heavy atom. The number of aromatic nitrogens is 3. The van der Waals surface area contributed by atoms with Crippen molar-refractivity contribution in [3.05, 3.63) is 58.4 Å². The van der Waals surface area contributed by atoms with E-state index in [1.165, 1.54) is 6.07 Å². The Labute approximate surface area is 143 Å². The standard InChI is InChI=1S/C18H18F2N4O/c1-9-7-13(16-11(3)23-24(4)17(16)21-9)18(25)22-10(2)12-5-6-14(19)15(20)8-12/h5-8,10H,1-4H3,(H,22,25). The Bertz CT molecular complexity index is 981. The molecule has 0 fully saturated rings. The molecule has 1 N–H and O–H groups in total. The molecule has 0 saturated carbocycles. The number of pyridine rings is 1. The number of halogens is 2. The van der Waals surface area contributed by atoms with Gasteiger partial charge in [0.15, 0.2) is 17.3 Å². The molecule has 0 aliphatic heterocycles. The first kappa shape index (κ1) is 17.0. The van der Waals surface area contributed by atoms with Gasteiger partial charge in [0, 0.05) is 12.7 Å². The minimum atomic E-state index is -0.941. The summed E-state index contributed by atoms with van der Waals surface area (Å²) in [6, 6.07) is 4.80. The van der Waals surface area contributed by atoms with E-state index in [1.54, 1.807) is 31.6 Å². The number of aryl methyl sites for hydroxylation is 3. The summed E-state index contributed by atoms with van der Waals surface area (Å²) in [5.41, 5.74) is 2.97. The second-order valence-corrected chi connectivity index (χ2v) is 6.09. The maximum absolute atomic E-state index is 13.4. The van der Waals surface area contributed by atoms with Crippen LogP contribution in [0.3, 0.4) is 0 Å². The molecular weight excluding hydrogens is 326 g/mol. The lowest BCUT2D eigenvalue weighted by Crippen LogP contribution is -2.27. The Hall–Kier alpha value is -2.83. The molecule has 2 aromatic heterocycles. The van der Waals surface area contributed by atoms with Crippen molar-refractivity contribution < 1.29 is 13.6 Å². The van der Waals surface area contributed by atoms with Crippen molar-refractivity contribution >= 4 is 16.9 Å². The molecule has 3 rings (SSSR count). The van der Waals surface area contributed by atoms with E-state index in [-0.39, 0.29) is 5.91 Å². The summed E-state index contributed by atoms with van der Waals surface area (Å²) in [6.45, 7) is 5.33. The average molecular weight is 344 g/mol. The van der Waals surface area contributed by atoms with E-state index in [1.807, 2.05) is 6.92 Å². The van der Waals surface area contributed by atoms with Crippen LogP contribution in [-0.2, 0) is 7.05 Å². The molecule has 1 aromatic carbocycles. The SMILES string of the molecule is Cc1cc(C(=O)NC(C)c2ccc(F)c(F)c2)c2c(C)nn(C)c2n1. The second-order valence-electron chi connectivity index (χ2n) is 6.09. The van der Waals surface area contributed by atoms with E-state index < -0.39 is 17.7 Å². The zero-order valence-corrected chi connectivity index (χ0v) is 14.4. The topological polar surface area (TPSA) is 59.8 Å². The van der Waals surface area contributed by atoms with Crippen LogP contribution < -0.4 is 5.32 Å². The Morgan fingerprint density at radius 2 is 1.92 bits per heavy atom. The third kappa shape index (κ3) is 3.09. The van der Waals surface area contributed by atoms with Crippen molar-refractivity contribution in [2.24, 2.45) is 7.05 Å². The molecule has 1 amide bonds. The smallest absolute Gasteiger partial charge is 0.252 e. The van der Waals surface area contributed by atoms with Crippen LogP contribution >= 0.6 is 0 Å². The first-order valence-electron chi connectivity index (χ1n) is 7.84. The predicted molar refractivity (Wildman–Crippen MR) is 90.2 cm³/mol. The number of benzene rings is 1. The van der Waals surface area contributed by atoms with Gasteiger partial charge >= 0.3 is 0 Å². The van der Waals surface area contributed by atoms with Crippen LogP contribution in [0, 0.1) is 25.5 Å². The lowest BCUT2D eigenvalue weighted by Gasteiger charge is -2.15. The molecule has 1 atom stereocenters. The Kier molecular flexibility index (Phi) is 4.24. The fourth-order valence-electron chi connectivity index (χ4n) is 2.89. The molecule has 0 bridgehead atoms. The van der Waals surface area contributed by atoms with Crippen LogP contribution in [0.15, 0.2) is 24.3 Å². The first-order valence-corrected chi connectivity index (χ1v) is 7.84. The molecule has 5 nitrogen and oxygen atoms in total. The Balaban J connectivity index is 1.96. The van der Waals surface area contributed by atoms with E-state index in [9.17, 15) is 13.6 Å². The van der Waals surface area contributed by atoms with Crippen molar-refractivity contribution in [2.45, 2.75) is 26.8 Å². The molecule has 7 heteroatoms. The van der Waals surface area contributed by atoms with E-state index in [2.05, 4.69) is 15.4 Å². The van der Waals surface area contributed by atoms with Crippen molar-refractivity contribution in [3.63, 3.8) is 0 Å². The van der Waals surface area contributed by atoms with E-state index >= 15 is 0 Å². The zero-order valence-electron chi connectivity index (χ0n) is 14.4. The molecule has 25 heavy (non-hydrogen) atoms. The van der Waals surface area contributed by atoms with Gasteiger partial charge in [-0.05, 0) is 44.5 Å². The van der Waals surface area contributed by atoms with Gasteiger partial charge in [-0.1, -0.05) is 6.07 Å². The zero-order chi connectivity index (χ0) is 18.3. The molecule has 0 aliphatic carbocycles. The maximum atomic E-state index is 13.4. The number of rotatable bonds is 3. The minimum absolute atomic E-state index is 0.316. The van der Waals surface area contributed by atoms with E-state index in [4.69, 9.17) is 0 Å². The summed E-state index contributed by atoms with van der Waals surface area (Å²) in [4.78, 5) is 17.2. The van der Waals surface area contributed by atoms with Crippen LogP contribution in [-0.4, -0.2) is 20.7 Å². The van der Waals surface area contributed by atoms with Crippen LogP contribution in [0.4, 0.5) is 8.78 Å². The highest BCUT2D eigenvalue weighted by Gasteiger charge is 2.20. The molecule has 1 unspecified atom stereocenters. The summed E-state index contributed by atoms with van der Waals surface area (Å²) in [6.07, 6.45) is 0. The van der Waals surface area contributed by atoms with Gasteiger partial charge in [0.05, 0.1) is 22.7 Å². The van der Waals surface area contributed by atoms with Crippen molar-refractivity contribution in [3.8, 4) is 0 Å². The summed E-state index contributed by atoms with van der Waals surface area (Å²) in [5, 5.41) is 7.82. The quantitative estimate of drug-likeness (QED) is 0.793. The highest BCUT2D eigenvalue weighted by Crippen LogP contribution is 2.23. The van der Waals surface area contributed by atoms with Crippen molar-refractivity contribution in [1.29, 1.82) is 0 Å². The minimum Gasteiger partial charge on any atom is -0.345 e. The molecule has 0 spiro atoms. The molecule has 130 valence electrons. The van der Waals surface area contributed by atoms with Gasteiger partial charge in [0.25, 0.3) is 5.91 Å². The lowest BCUT2D eigenvalue weighted by molar-refractivity contribution is 0.0941. The second kappa shape index (κ2) is 6.23. The van der Waals surface area contributed by atoms with Crippen LogP contribution in [0.1, 0.15) is 40.3 Å². The van der Waals surface area contributed by atoms with Crippen molar-refractivity contribution in [1.82, 2.24) is 20.1 Å². The van der Waals surface area contributed by atoms with Gasteiger partial charge in [0.2, 0.25) is 0 Å². The normalized spacial score (nSPS) is 12.4. The van der Waals surface area contributed by atoms with Gasteiger partial charge in [-0.2, -0.15) is 5.10 Å². The molecular formula is C18H18F2N4O. The average Bonchev–Trinajstić information content (AvgIpc) is 2.83. The summed E-state index contributed by atoms with van der Waals surface area (Å²) < 4.78 is 28.1. The number of carbonyl (C=O) groups excluding carboxylic acids is 1. The molecule has 3 aromatic rings. The molecule has 0 aliphatic rings. The third-order valence-electron chi connectivity index (χ3n) is 4.13. The fraction of sp³-hybridized carbons (Fsp3) is 0.278. The van der Waals surface area contributed by atoms with Crippen LogP contribution in [0.2, 0.25) is 0 Å². The number of nitrogens with one attached hydrogen (secondary N) is 1. The van der Waals surface area contributed by atoms with E-state index in [0.717, 1.165) is 12.1 Å². The van der Waals surface area contributed by atoms with Gasteiger partial charge in [-0.3, -0.25) is 9.48 Å². The van der Waals surface area contributed by atoms with Gasteiger partial charge < -0.3 is 5.32 Å². The monoisotopic (exact) mass is 344 g/mol. The van der Waals surface area contributed by atoms with E-state index in [0.29, 0.717) is 33.5 Å². The number of amides is 1. The maximum Gasteiger partial charge on any atom is 0.252 e. The number of hydrogen-bond donors (Lipinski definition) is 1. The van der Waals surface area contributed by atoms with Gasteiger partial charge in [-0.15, -0.1) is 0 Å². The predicted octanol–water partition coefficient (Wildman–Crippen LogP) is 3.35. The fourth-order valence-corrected chi connectivity index (χ4v) is 2.89. The number of carbonyl (C=O) groups is 1. The van der Waals surface area contributed by atoms with Gasteiger partial charge in [0.1, 0.15) is 0 Å². The highest BCUT2D eigenvalue weighted by molar-refractivity contribution is 6.06. The first-order chi connectivity index (χ1) is 11.8. The highest BCUT2D eigenvalue weighted by atomic mass is 19.2. The Morgan fingerprint density at radius 1 is 1.20 bits per heavy atom. The van der Waals surface area contributed by atoms with Crippen molar-refractivity contribution in [2.75, 3.05) is 0 Å². The summed E-state index contributed by atoms with van der Waals surface area (Å²) in [7, 11) is 1.77. The largest absolute Gasteiger partial charge is 0.345 e.